The van der Waals surface area contributed by atoms with Gasteiger partial charge in [0.15, 0.2) is 0 Å². The van der Waals surface area contributed by atoms with Gasteiger partial charge >= 0.3 is 10.4 Å². The van der Waals surface area contributed by atoms with Gasteiger partial charge in [-0.15, -0.1) is 0 Å². The molecule has 1 atom stereocenters. The Labute approximate surface area is 76.3 Å². The van der Waals surface area contributed by atoms with E-state index in [0.29, 0.717) is 0 Å². The molecule has 0 radical (unpaired) electrons. The third-order valence-corrected chi connectivity index (χ3v) is 2.17. The van der Waals surface area contributed by atoms with Gasteiger partial charge in [0.05, 0.1) is 7.11 Å². The van der Waals surface area contributed by atoms with E-state index in [1.54, 1.807) is 0 Å². The molecule has 7 heteroatoms. The van der Waals surface area contributed by atoms with Gasteiger partial charge in [-0.3, -0.25) is 13.4 Å². The normalized spacial score (nSPS) is 10.8. The Morgan fingerprint density at radius 3 is 1.67 bits per heavy atom. The van der Waals surface area contributed by atoms with Crippen LogP contribution in [0.3, 0.4) is 0 Å². The Balaban J connectivity index is 0. The molecular formula is C5H16NO4PS. The molecule has 0 spiro atoms. The molecule has 0 bridgehead atoms. The van der Waals surface area contributed by atoms with Gasteiger partial charge in [0, 0.05) is 0 Å². The van der Waals surface area contributed by atoms with Crippen LogP contribution in [0, 0.1) is 0 Å². The third-order valence-electron chi connectivity index (χ3n) is 1.02. The first-order valence-electron chi connectivity index (χ1n) is 3.40. The van der Waals surface area contributed by atoms with E-state index in [1.807, 2.05) is 0 Å². The van der Waals surface area contributed by atoms with Gasteiger partial charge < -0.3 is 0 Å². The molecule has 1 N–H and O–H groups in total. The highest BCUT2D eigenvalue weighted by Gasteiger charge is 1.94. The molecule has 0 aromatic rings. The van der Waals surface area contributed by atoms with Crippen molar-refractivity contribution < 1.29 is 17.2 Å². The highest BCUT2D eigenvalue weighted by Crippen LogP contribution is 1.92. The molecule has 0 saturated heterocycles. The van der Waals surface area contributed by atoms with Gasteiger partial charge in [-0.2, -0.15) is 8.42 Å². The van der Waals surface area contributed by atoms with Gasteiger partial charge in [-0.1, -0.05) is 23.2 Å². The molecule has 1 unspecified atom stereocenters. The van der Waals surface area contributed by atoms with Crippen LogP contribution in [-0.4, -0.2) is 37.8 Å². The molecule has 12 heavy (non-hydrogen) atoms. The summed E-state index contributed by atoms with van der Waals surface area (Å²) in [6.45, 7) is 6.52. The second kappa shape index (κ2) is 7.89. The van der Waals surface area contributed by atoms with E-state index in [9.17, 15) is 8.42 Å². The fraction of sp³-hybridized carbons (Fsp3) is 1.00. The maximum Gasteiger partial charge on any atom is 0.397 e. The highest BCUT2D eigenvalue weighted by atomic mass is 32.3. The maximum atomic E-state index is 9.33. The number of hydrogen-bond acceptors (Lipinski definition) is 4. The highest BCUT2D eigenvalue weighted by molar-refractivity contribution is 7.80. The van der Waals surface area contributed by atoms with Crippen LogP contribution in [0.25, 0.3) is 0 Å². The quantitative estimate of drug-likeness (QED) is 0.552. The minimum atomic E-state index is -4.16. The molecular weight excluding hydrogens is 201 g/mol. The summed E-state index contributed by atoms with van der Waals surface area (Å²) >= 11 is 0. The molecule has 5 nitrogen and oxygen atoms in total. The second-order valence-corrected chi connectivity index (χ2v) is 3.73. The lowest BCUT2D eigenvalue weighted by Gasteiger charge is -2.06. The zero-order valence-corrected chi connectivity index (χ0v) is 9.49. The summed E-state index contributed by atoms with van der Waals surface area (Å²) in [6, 6.07) is 0. The van der Waals surface area contributed by atoms with Crippen molar-refractivity contribution in [2.75, 3.05) is 20.2 Å². The van der Waals surface area contributed by atoms with Crippen molar-refractivity contribution >= 4 is 19.8 Å². The molecule has 0 amide bonds. The summed E-state index contributed by atoms with van der Waals surface area (Å²) in [6.07, 6.45) is 0. The number of rotatable bonds is 3. The SMILES string of the molecule is CCN(P)CC.COS(=O)(=O)O. The average molecular weight is 217 g/mol. The van der Waals surface area contributed by atoms with E-state index in [4.69, 9.17) is 4.55 Å². The molecule has 0 saturated carbocycles. The van der Waals surface area contributed by atoms with Gasteiger partial charge in [0.25, 0.3) is 0 Å². The van der Waals surface area contributed by atoms with Gasteiger partial charge in [-0.25, -0.2) is 0 Å². The van der Waals surface area contributed by atoms with Gasteiger partial charge in [0.1, 0.15) is 0 Å². The smallest absolute Gasteiger partial charge is 0.288 e. The minimum absolute atomic E-state index is 0.870. The van der Waals surface area contributed by atoms with Crippen LogP contribution in [0.4, 0.5) is 0 Å². The summed E-state index contributed by atoms with van der Waals surface area (Å²) in [5.41, 5.74) is 0. The average Bonchev–Trinajstić information content (AvgIpc) is 2.03. The third kappa shape index (κ3) is 16.7. The van der Waals surface area contributed by atoms with E-state index in [-0.39, 0.29) is 0 Å². The number of nitrogens with zero attached hydrogens (tertiary/aromatic N) is 1. The first-order chi connectivity index (χ1) is 5.37. The number of hydrogen-bond donors (Lipinski definition) is 1. The van der Waals surface area contributed by atoms with Crippen molar-refractivity contribution in [2.45, 2.75) is 13.8 Å². The lowest BCUT2D eigenvalue weighted by atomic mass is 10.7. The van der Waals surface area contributed by atoms with E-state index in [0.717, 1.165) is 20.2 Å². The Morgan fingerprint density at radius 2 is 1.67 bits per heavy atom. The molecule has 0 rings (SSSR count). The van der Waals surface area contributed by atoms with Crippen molar-refractivity contribution in [1.29, 1.82) is 0 Å². The van der Waals surface area contributed by atoms with Crippen LogP contribution >= 0.6 is 9.39 Å². The van der Waals surface area contributed by atoms with Crippen molar-refractivity contribution in [1.82, 2.24) is 4.67 Å². The standard InChI is InChI=1S/C4H12NP.CH4O4S/c1-3-5(6)4-2;1-5-6(2,3)4/h3-4,6H2,1-2H3;1H3,(H,2,3,4). The fourth-order valence-electron chi connectivity index (χ4n) is 0.224. The summed E-state index contributed by atoms with van der Waals surface area (Å²) in [5.74, 6) is 0. The largest absolute Gasteiger partial charge is 0.397 e. The van der Waals surface area contributed by atoms with Gasteiger partial charge in [0.2, 0.25) is 0 Å². The molecule has 0 fully saturated rings. The Hall–Kier alpha value is 0.260. The Kier molecular flexibility index (Phi) is 9.70. The Bertz CT molecular complexity index is 178. The predicted octanol–water partition coefficient (Wildman–Crippen LogP) is 0.554. The van der Waals surface area contributed by atoms with Crippen molar-refractivity contribution in [3.05, 3.63) is 0 Å². The first kappa shape index (κ1) is 14.8. The van der Waals surface area contributed by atoms with Crippen molar-refractivity contribution in [3.8, 4) is 0 Å². The molecule has 0 heterocycles. The van der Waals surface area contributed by atoms with Crippen molar-refractivity contribution in [3.63, 3.8) is 0 Å². The van der Waals surface area contributed by atoms with E-state index in [1.165, 1.54) is 0 Å². The molecule has 0 aromatic carbocycles. The van der Waals surface area contributed by atoms with Crippen LogP contribution in [0.15, 0.2) is 0 Å². The van der Waals surface area contributed by atoms with E-state index in [2.05, 4.69) is 32.1 Å². The minimum Gasteiger partial charge on any atom is -0.288 e. The molecule has 76 valence electrons. The van der Waals surface area contributed by atoms with E-state index < -0.39 is 10.4 Å². The predicted molar refractivity (Wildman–Crippen MR) is 51.2 cm³/mol. The van der Waals surface area contributed by atoms with E-state index >= 15 is 0 Å². The van der Waals surface area contributed by atoms with Gasteiger partial charge in [-0.05, 0) is 13.1 Å². The Morgan fingerprint density at radius 1 is 1.42 bits per heavy atom. The molecule has 0 aromatic heterocycles. The van der Waals surface area contributed by atoms with Crippen LogP contribution < -0.4 is 0 Å². The summed E-state index contributed by atoms with van der Waals surface area (Å²) < 4.78 is 31.9. The summed E-state index contributed by atoms with van der Waals surface area (Å²) in [4.78, 5) is 0. The molecule has 0 aliphatic heterocycles. The topological polar surface area (TPSA) is 66.8 Å². The monoisotopic (exact) mass is 217 g/mol. The summed E-state index contributed by atoms with van der Waals surface area (Å²) in [7, 11) is -0.648. The maximum absolute atomic E-state index is 9.33. The van der Waals surface area contributed by atoms with Crippen molar-refractivity contribution in [2.24, 2.45) is 0 Å². The van der Waals surface area contributed by atoms with Crippen LogP contribution in [0.1, 0.15) is 13.8 Å². The molecule has 0 aliphatic carbocycles. The zero-order chi connectivity index (χ0) is 10.2. The molecule has 0 aliphatic rings. The second-order valence-electron chi connectivity index (χ2n) is 1.82. The zero-order valence-electron chi connectivity index (χ0n) is 7.52. The van der Waals surface area contributed by atoms with Crippen LogP contribution in [-0.2, 0) is 14.6 Å². The van der Waals surface area contributed by atoms with Crippen LogP contribution in [0.2, 0.25) is 0 Å². The lowest BCUT2D eigenvalue weighted by molar-refractivity contribution is 0.324. The summed E-state index contributed by atoms with van der Waals surface area (Å²) in [5, 5.41) is 0. The lowest BCUT2D eigenvalue weighted by Crippen LogP contribution is -2.07. The fourth-order valence-corrected chi connectivity index (χ4v) is 0.224. The first-order valence-corrected chi connectivity index (χ1v) is 5.28. The van der Waals surface area contributed by atoms with Crippen LogP contribution in [0.5, 0.6) is 0 Å².